The van der Waals surface area contributed by atoms with Crippen molar-refractivity contribution in [3.05, 3.63) is 182 Å². The first kappa shape index (κ1) is 81.3. The van der Waals surface area contributed by atoms with Gasteiger partial charge in [-0.1, -0.05) is 292 Å². The molecule has 0 radical (unpaired) electrons. The molecule has 0 aromatic rings. The molecule has 88 heavy (non-hydrogen) atoms. The van der Waals surface area contributed by atoms with Crippen LogP contribution >= 0.6 is 0 Å². The first-order chi connectivity index (χ1) is 43.3. The minimum Gasteiger partial charge on any atom is -0.394 e. The lowest BCUT2D eigenvalue weighted by atomic mass is 9.99. The van der Waals surface area contributed by atoms with Crippen molar-refractivity contribution < 1.29 is 39.8 Å². The highest BCUT2D eigenvalue weighted by Gasteiger charge is 2.44. The van der Waals surface area contributed by atoms with Gasteiger partial charge in [-0.25, -0.2) is 0 Å². The topological polar surface area (TPSA) is 149 Å². The molecule has 0 aliphatic carbocycles. The number of hydrogen-bond donors (Lipinski definition) is 6. The first-order valence-corrected chi connectivity index (χ1v) is 35.0. The van der Waals surface area contributed by atoms with E-state index < -0.39 is 49.5 Å². The average Bonchev–Trinajstić information content (AvgIpc) is 3.31. The maximum atomic E-state index is 13.1. The zero-order valence-electron chi connectivity index (χ0n) is 55.4. The van der Waals surface area contributed by atoms with Crippen molar-refractivity contribution in [2.45, 2.75) is 294 Å². The monoisotopic (exact) mass is 1220 g/mol. The smallest absolute Gasteiger partial charge is 0.220 e. The van der Waals surface area contributed by atoms with Crippen LogP contribution in [0.25, 0.3) is 0 Å². The van der Waals surface area contributed by atoms with Gasteiger partial charge in [-0.05, 0) is 135 Å². The van der Waals surface area contributed by atoms with Crippen LogP contribution in [0.3, 0.4) is 0 Å². The van der Waals surface area contributed by atoms with Gasteiger partial charge in [0.2, 0.25) is 5.91 Å². The van der Waals surface area contributed by atoms with E-state index in [0.717, 1.165) is 128 Å². The fourth-order valence-electron chi connectivity index (χ4n) is 9.76. The third-order valence-corrected chi connectivity index (χ3v) is 15.2. The van der Waals surface area contributed by atoms with E-state index in [2.05, 4.69) is 189 Å². The molecule has 1 aliphatic rings. The number of aliphatic hydroxyl groups is 5. The van der Waals surface area contributed by atoms with Gasteiger partial charge < -0.3 is 40.3 Å². The first-order valence-electron chi connectivity index (χ1n) is 35.0. The van der Waals surface area contributed by atoms with Gasteiger partial charge in [0.25, 0.3) is 0 Å². The molecular formula is C79H127NO8. The summed E-state index contributed by atoms with van der Waals surface area (Å²) in [7, 11) is 0. The Bertz CT molecular complexity index is 2050. The molecule has 1 aliphatic heterocycles. The Balaban J connectivity index is 2.23. The second-order valence-corrected chi connectivity index (χ2v) is 23.2. The van der Waals surface area contributed by atoms with Crippen LogP contribution in [0, 0.1) is 0 Å². The summed E-state index contributed by atoms with van der Waals surface area (Å²) in [5.41, 5.74) is 0. The summed E-state index contributed by atoms with van der Waals surface area (Å²) in [4.78, 5) is 13.1. The summed E-state index contributed by atoms with van der Waals surface area (Å²) in [6, 6.07) is -0.858. The van der Waals surface area contributed by atoms with Gasteiger partial charge in [-0.3, -0.25) is 4.79 Å². The van der Waals surface area contributed by atoms with Gasteiger partial charge in [0.15, 0.2) is 6.29 Å². The number of hydrogen-bond acceptors (Lipinski definition) is 8. The molecule has 496 valence electrons. The SMILES string of the molecule is CC/C=C\C/C=C\C/C=C\C/C=C\C/C=C\C/C=C\C/C=C\C/C=C\C/C=C\C/C=C\C/C=C\C/C=C\CCCCCCC(=O)NC(COC1OC(CO)C(O)C(O)C1O)C(O)/C=C/CC/C=C/CC/C=C/CCCCCCCCCCCCCCCC. The predicted molar refractivity (Wildman–Crippen MR) is 377 cm³/mol. The van der Waals surface area contributed by atoms with Gasteiger partial charge >= 0.3 is 0 Å². The van der Waals surface area contributed by atoms with Crippen LogP contribution in [0.2, 0.25) is 0 Å². The van der Waals surface area contributed by atoms with E-state index in [9.17, 15) is 30.3 Å². The van der Waals surface area contributed by atoms with Crippen LogP contribution in [0.4, 0.5) is 0 Å². The Morgan fingerprint density at radius 1 is 0.398 bits per heavy atom. The number of rotatable bonds is 58. The Kier molecular flexibility index (Phi) is 60.3. The minimum atomic E-state index is -1.59. The zero-order chi connectivity index (χ0) is 63.5. The summed E-state index contributed by atoms with van der Waals surface area (Å²) >= 11 is 0. The normalized spacial score (nSPS) is 19.1. The van der Waals surface area contributed by atoms with Gasteiger partial charge in [-0.2, -0.15) is 0 Å². The number of ether oxygens (including phenoxy) is 2. The van der Waals surface area contributed by atoms with Gasteiger partial charge in [0.05, 0.1) is 25.4 Å². The fraction of sp³-hybridized carbons (Fsp3) is 0.608. The predicted octanol–water partition coefficient (Wildman–Crippen LogP) is 19.5. The van der Waals surface area contributed by atoms with Crippen LogP contribution in [-0.2, 0) is 14.3 Å². The zero-order valence-corrected chi connectivity index (χ0v) is 55.4. The van der Waals surface area contributed by atoms with Crippen LogP contribution in [0.5, 0.6) is 0 Å². The van der Waals surface area contributed by atoms with Crippen molar-refractivity contribution in [3.63, 3.8) is 0 Å². The number of aliphatic hydroxyl groups excluding tert-OH is 5. The molecule has 7 unspecified atom stereocenters. The van der Waals surface area contributed by atoms with E-state index >= 15 is 0 Å². The lowest BCUT2D eigenvalue weighted by Gasteiger charge is -2.40. The number of nitrogens with one attached hydrogen (secondary N) is 1. The van der Waals surface area contributed by atoms with Crippen molar-refractivity contribution >= 4 is 5.91 Å². The summed E-state index contributed by atoms with van der Waals surface area (Å²) < 4.78 is 11.3. The minimum absolute atomic E-state index is 0.222. The number of carbonyl (C=O) groups excluding carboxylic acids is 1. The number of carbonyl (C=O) groups is 1. The maximum absolute atomic E-state index is 13.1. The largest absolute Gasteiger partial charge is 0.394 e. The molecule has 1 amide bonds. The molecule has 0 aromatic carbocycles. The Morgan fingerprint density at radius 2 is 0.716 bits per heavy atom. The Hall–Kier alpha value is -4.71. The standard InChI is InChI=1S/C79H127NO8/c1-3-5-7-9-11-13-15-17-19-21-23-25-27-29-30-31-32-33-34-35-36-37-38-39-40-41-42-43-44-45-47-49-51-53-55-57-59-61-63-65-67-69-75(83)80-72(71-87-79-78(86)77(85)76(84)74(70-81)88-79)73(82)68-66-64-62-60-58-56-54-52-50-48-46-28-26-24-22-20-18-16-14-12-10-8-6-4-2/h5,7,11,13,17,19,23,25,29-30,32-33,35-36,38-39,41-42,44-45,49-52,55,57-58,60,66,68,72-74,76-79,81-82,84-86H,3-4,6,8-10,12,14-16,18,20-22,24,26-28,31,34,37,40,43,46-48,53-54,56,59,61-65,67,69-71H2,1-2H3,(H,80,83)/b7-5-,13-11-,19-17-,25-23-,30-29-,33-32-,36-35-,39-38-,42-41-,45-44-,51-49-,52-50+,57-55-,60-58+,68-66+. The average molecular weight is 1220 g/mol. The van der Waals surface area contributed by atoms with Crippen LogP contribution in [0.1, 0.15) is 251 Å². The molecule has 0 aromatic heterocycles. The second-order valence-electron chi connectivity index (χ2n) is 23.2. The third-order valence-electron chi connectivity index (χ3n) is 15.2. The van der Waals surface area contributed by atoms with Crippen molar-refractivity contribution in [2.75, 3.05) is 13.2 Å². The summed E-state index contributed by atoms with van der Waals surface area (Å²) in [6.45, 7) is 3.63. The molecule has 1 heterocycles. The summed E-state index contributed by atoms with van der Waals surface area (Å²) in [6.07, 6.45) is 98.4. The maximum Gasteiger partial charge on any atom is 0.220 e. The Morgan fingerprint density at radius 3 is 1.09 bits per heavy atom. The van der Waals surface area contributed by atoms with E-state index in [1.807, 2.05) is 6.08 Å². The van der Waals surface area contributed by atoms with Gasteiger partial charge in [-0.15, -0.1) is 0 Å². The molecule has 0 saturated carbocycles. The highest BCUT2D eigenvalue weighted by atomic mass is 16.7. The van der Waals surface area contributed by atoms with Crippen LogP contribution < -0.4 is 5.32 Å². The van der Waals surface area contributed by atoms with E-state index in [4.69, 9.17) is 9.47 Å². The molecule has 6 N–H and O–H groups in total. The lowest BCUT2D eigenvalue weighted by molar-refractivity contribution is -0.302. The summed E-state index contributed by atoms with van der Waals surface area (Å²) in [5.74, 6) is -0.222. The molecule has 9 heteroatoms. The molecule has 1 saturated heterocycles. The quantitative estimate of drug-likeness (QED) is 0.0261. The van der Waals surface area contributed by atoms with Gasteiger partial charge in [0, 0.05) is 6.42 Å². The van der Waals surface area contributed by atoms with E-state index in [0.29, 0.717) is 19.3 Å². The van der Waals surface area contributed by atoms with E-state index in [1.165, 1.54) is 89.9 Å². The number of unbranched alkanes of at least 4 members (excludes halogenated alkanes) is 20. The van der Waals surface area contributed by atoms with Crippen molar-refractivity contribution in [1.82, 2.24) is 5.32 Å². The third kappa shape index (κ3) is 53.2. The molecule has 1 fully saturated rings. The number of amides is 1. The van der Waals surface area contributed by atoms with Crippen molar-refractivity contribution in [2.24, 2.45) is 0 Å². The van der Waals surface area contributed by atoms with E-state index in [1.54, 1.807) is 6.08 Å². The molecule has 0 bridgehead atoms. The second kappa shape index (κ2) is 65.2. The van der Waals surface area contributed by atoms with Crippen molar-refractivity contribution in [3.8, 4) is 0 Å². The van der Waals surface area contributed by atoms with Crippen LogP contribution in [0.15, 0.2) is 182 Å². The lowest BCUT2D eigenvalue weighted by Crippen LogP contribution is -2.60. The Labute approximate surface area is 538 Å². The molecule has 0 spiro atoms. The molecular weight excluding hydrogens is 1090 g/mol. The molecule has 9 nitrogen and oxygen atoms in total. The van der Waals surface area contributed by atoms with Crippen LogP contribution in [-0.4, -0.2) is 87.5 Å². The highest BCUT2D eigenvalue weighted by Crippen LogP contribution is 2.23. The fourth-order valence-corrected chi connectivity index (χ4v) is 9.76. The molecule has 7 atom stereocenters. The highest BCUT2D eigenvalue weighted by molar-refractivity contribution is 5.76. The molecule has 1 rings (SSSR count). The summed E-state index contributed by atoms with van der Waals surface area (Å²) in [5, 5.41) is 54.7. The van der Waals surface area contributed by atoms with Gasteiger partial charge in [0.1, 0.15) is 24.4 Å². The van der Waals surface area contributed by atoms with E-state index in [-0.39, 0.29) is 12.5 Å². The number of allylic oxidation sites excluding steroid dienone is 29. The van der Waals surface area contributed by atoms with Crippen molar-refractivity contribution in [1.29, 1.82) is 0 Å².